The molecule has 0 unspecified atom stereocenters. The molecule has 25 heavy (non-hydrogen) atoms. The van der Waals surface area contributed by atoms with Gasteiger partial charge in [-0.1, -0.05) is 0 Å². The van der Waals surface area contributed by atoms with Gasteiger partial charge in [0.2, 0.25) is 0 Å². The van der Waals surface area contributed by atoms with E-state index < -0.39 is 36.2 Å². The minimum Gasteiger partial charge on any atom is -0.482 e. The molecule has 0 aromatic heterocycles. The van der Waals surface area contributed by atoms with E-state index in [4.69, 9.17) is 9.47 Å². The molecule has 0 heterocycles. The molecule has 8 nitrogen and oxygen atoms in total. The van der Waals surface area contributed by atoms with Crippen LogP contribution in [0, 0.1) is 0 Å². The van der Waals surface area contributed by atoms with E-state index in [1.807, 2.05) is 0 Å². The first-order valence-electron chi connectivity index (χ1n) is 7.61. The average molecular weight is 350 g/mol. The minimum absolute atomic E-state index is 0.379. The average Bonchev–Trinajstić information content (AvgIpc) is 2.51. The predicted molar refractivity (Wildman–Crippen MR) is 89.3 cm³/mol. The van der Waals surface area contributed by atoms with Crippen LogP contribution in [-0.2, 0) is 14.3 Å². The number of benzene rings is 1. The molecule has 0 aliphatic rings. The number of aldehydes is 1. The van der Waals surface area contributed by atoms with E-state index in [9.17, 15) is 19.2 Å². The number of nitrogens with one attached hydrogen (secondary N) is 2. The lowest BCUT2D eigenvalue weighted by molar-refractivity contribution is -0.156. The zero-order valence-electron chi connectivity index (χ0n) is 14.6. The summed E-state index contributed by atoms with van der Waals surface area (Å²) in [6.45, 7) is 6.22. The Morgan fingerprint density at radius 3 is 2.28 bits per heavy atom. The number of urea groups is 1. The number of hydrogen-bond donors (Lipinski definition) is 2. The molecule has 1 aromatic carbocycles. The van der Waals surface area contributed by atoms with Crippen molar-refractivity contribution in [3.63, 3.8) is 0 Å². The van der Waals surface area contributed by atoms with Gasteiger partial charge in [-0.15, -0.1) is 0 Å². The topological polar surface area (TPSA) is 111 Å². The quantitative estimate of drug-likeness (QED) is 0.593. The molecule has 0 aliphatic carbocycles. The van der Waals surface area contributed by atoms with Crippen LogP contribution in [0.15, 0.2) is 24.3 Å². The minimum atomic E-state index is -1.15. The lowest BCUT2D eigenvalue weighted by atomic mass is 10.1. The Labute approximate surface area is 145 Å². The van der Waals surface area contributed by atoms with Crippen LogP contribution in [0.25, 0.3) is 0 Å². The zero-order chi connectivity index (χ0) is 19.0. The Morgan fingerprint density at radius 1 is 1.16 bits per heavy atom. The number of carbonyl (C=O) groups excluding carboxylic acids is 4. The Bertz CT molecular complexity index is 634. The maximum absolute atomic E-state index is 11.8. The Kier molecular flexibility index (Phi) is 7.10. The van der Waals surface area contributed by atoms with E-state index >= 15 is 0 Å². The smallest absolute Gasteiger partial charge is 0.344 e. The second kappa shape index (κ2) is 8.81. The van der Waals surface area contributed by atoms with Crippen LogP contribution in [0.1, 0.15) is 38.1 Å². The van der Waals surface area contributed by atoms with Crippen LogP contribution in [0.5, 0.6) is 5.75 Å². The SMILES string of the molecule is C[C@H](OC(=O)COc1ccc(C=O)cc1)C(=O)NC(=O)NC(C)(C)C. The molecule has 0 bridgehead atoms. The van der Waals surface area contributed by atoms with Gasteiger partial charge in [-0.3, -0.25) is 14.9 Å². The van der Waals surface area contributed by atoms with Crippen molar-refractivity contribution >= 4 is 24.2 Å². The standard InChI is InChI=1S/C17H22N2O6/c1-11(15(22)18-16(23)19-17(2,3)4)25-14(21)10-24-13-7-5-12(9-20)6-8-13/h5-9,11H,10H2,1-4H3,(H2,18,19,22,23)/t11-/m0/s1. The second-order valence-electron chi connectivity index (χ2n) is 6.30. The van der Waals surface area contributed by atoms with Gasteiger partial charge in [-0.05, 0) is 52.0 Å². The molecule has 0 spiro atoms. The fourth-order valence-electron chi connectivity index (χ4n) is 1.65. The Morgan fingerprint density at radius 2 is 1.76 bits per heavy atom. The van der Waals surface area contributed by atoms with Crippen LogP contribution >= 0.6 is 0 Å². The number of ether oxygens (including phenoxy) is 2. The van der Waals surface area contributed by atoms with Crippen molar-refractivity contribution in [1.29, 1.82) is 0 Å². The van der Waals surface area contributed by atoms with Crippen LogP contribution in [0.4, 0.5) is 4.79 Å². The number of esters is 1. The van der Waals surface area contributed by atoms with Gasteiger partial charge in [0.15, 0.2) is 12.7 Å². The molecule has 0 radical (unpaired) electrons. The third-order valence-corrected chi connectivity index (χ3v) is 2.78. The maximum atomic E-state index is 11.8. The fraction of sp³-hybridized carbons (Fsp3) is 0.412. The van der Waals surface area contributed by atoms with Gasteiger partial charge in [-0.25, -0.2) is 9.59 Å². The summed E-state index contributed by atoms with van der Waals surface area (Å²) in [6.07, 6.45) is -0.465. The molecule has 1 atom stereocenters. The molecular formula is C17H22N2O6. The number of amides is 3. The number of rotatable bonds is 6. The van der Waals surface area contributed by atoms with Crippen molar-refractivity contribution in [2.24, 2.45) is 0 Å². The molecule has 0 fully saturated rings. The van der Waals surface area contributed by atoms with Gasteiger partial charge in [-0.2, -0.15) is 0 Å². The van der Waals surface area contributed by atoms with Gasteiger partial charge in [0.1, 0.15) is 12.0 Å². The van der Waals surface area contributed by atoms with Gasteiger partial charge in [0.25, 0.3) is 5.91 Å². The normalized spacial score (nSPS) is 11.8. The van der Waals surface area contributed by atoms with Crippen molar-refractivity contribution < 1.29 is 28.7 Å². The third kappa shape index (κ3) is 7.96. The summed E-state index contributed by atoms with van der Waals surface area (Å²) in [7, 11) is 0. The van der Waals surface area contributed by atoms with Crippen LogP contribution in [-0.4, -0.2) is 42.4 Å². The fourth-order valence-corrected chi connectivity index (χ4v) is 1.65. The number of imide groups is 1. The number of carbonyl (C=O) groups is 4. The highest BCUT2D eigenvalue weighted by Gasteiger charge is 2.22. The van der Waals surface area contributed by atoms with Crippen LogP contribution in [0.3, 0.4) is 0 Å². The molecule has 0 saturated heterocycles. The third-order valence-electron chi connectivity index (χ3n) is 2.78. The van der Waals surface area contributed by atoms with Gasteiger partial charge < -0.3 is 14.8 Å². The molecule has 136 valence electrons. The first-order valence-corrected chi connectivity index (χ1v) is 7.61. The molecule has 3 amide bonds. The summed E-state index contributed by atoms with van der Waals surface area (Å²) >= 11 is 0. The zero-order valence-corrected chi connectivity index (χ0v) is 14.6. The van der Waals surface area contributed by atoms with E-state index in [1.54, 1.807) is 20.8 Å². The number of hydrogen-bond acceptors (Lipinski definition) is 6. The van der Waals surface area contributed by atoms with Crippen molar-refractivity contribution in [3.05, 3.63) is 29.8 Å². The van der Waals surface area contributed by atoms with E-state index in [1.165, 1.54) is 31.2 Å². The highest BCUT2D eigenvalue weighted by Crippen LogP contribution is 2.11. The van der Waals surface area contributed by atoms with Gasteiger partial charge >= 0.3 is 12.0 Å². The van der Waals surface area contributed by atoms with Gasteiger partial charge in [0.05, 0.1) is 0 Å². The predicted octanol–water partition coefficient (Wildman–Crippen LogP) is 1.43. The van der Waals surface area contributed by atoms with Gasteiger partial charge in [0, 0.05) is 11.1 Å². The maximum Gasteiger partial charge on any atom is 0.344 e. The van der Waals surface area contributed by atoms with E-state index in [0.29, 0.717) is 17.6 Å². The highest BCUT2D eigenvalue weighted by atomic mass is 16.6. The Hall–Kier alpha value is -2.90. The lowest BCUT2D eigenvalue weighted by Crippen LogP contribution is -2.50. The van der Waals surface area contributed by atoms with E-state index in [0.717, 1.165) is 0 Å². The van der Waals surface area contributed by atoms with Crippen molar-refractivity contribution in [2.45, 2.75) is 39.3 Å². The summed E-state index contributed by atoms with van der Waals surface area (Å²) in [5.41, 5.74) is -0.0221. The van der Waals surface area contributed by atoms with Crippen molar-refractivity contribution in [3.8, 4) is 5.75 Å². The largest absolute Gasteiger partial charge is 0.482 e. The summed E-state index contributed by atoms with van der Waals surface area (Å²) in [5.74, 6) is -1.13. The van der Waals surface area contributed by atoms with Crippen molar-refractivity contribution in [2.75, 3.05) is 6.61 Å². The molecule has 0 aliphatic heterocycles. The molecule has 1 aromatic rings. The summed E-state index contributed by atoms with van der Waals surface area (Å²) in [4.78, 5) is 45.6. The molecule has 1 rings (SSSR count). The monoisotopic (exact) mass is 350 g/mol. The molecule has 2 N–H and O–H groups in total. The van der Waals surface area contributed by atoms with Crippen molar-refractivity contribution in [1.82, 2.24) is 10.6 Å². The molecule has 0 saturated carbocycles. The summed E-state index contributed by atoms with van der Waals surface area (Å²) in [5, 5.41) is 4.64. The van der Waals surface area contributed by atoms with E-state index in [2.05, 4.69) is 10.6 Å². The first kappa shape index (κ1) is 20.1. The first-order chi connectivity index (χ1) is 11.6. The Balaban J connectivity index is 2.40. The lowest BCUT2D eigenvalue weighted by Gasteiger charge is -2.21. The summed E-state index contributed by atoms with van der Waals surface area (Å²) < 4.78 is 10.1. The summed E-state index contributed by atoms with van der Waals surface area (Å²) in [6, 6.07) is 5.47. The molecular weight excluding hydrogens is 328 g/mol. The second-order valence-corrected chi connectivity index (χ2v) is 6.30. The highest BCUT2D eigenvalue weighted by molar-refractivity contribution is 5.97. The van der Waals surface area contributed by atoms with Crippen LogP contribution < -0.4 is 15.4 Å². The molecule has 8 heteroatoms. The van der Waals surface area contributed by atoms with Crippen LogP contribution in [0.2, 0.25) is 0 Å². The van der Waals surface area contributed by atoms with E-state index in [-0.39, 0.29) is 0 Å².